The molecule has 0 aliphatic heterocycles. The molecule has 2 aromatic rings. The normalized spacial score (nSPS) is 16.3. The molecule has 2 N–H and O–H groups in total. The minimum absolute atomic E-state index is 0.146. The molecule has 0 radical (unpaired) electrons. The van der Waals surface area contributed by atoms with Crippen molar-refractivity contribution in [2.24, 2.45) is 5.92 Å². The lowest BCUT2D eigenvalue weighted by Gasteiger charge is -2.22. The molecule has 1 heterocycles. The van der Waals surface area contributed by atoms with E-state index in [-0.39, 0.29) is 11.8 Å². The van der Waals surface area contributed by atoms with Gasteiger partial charge >= 0.3 is 0 Å². The van der Waals surface area contributed by atoms with Crippen LogP contribution in [0.5, 0.6) is 0 Å². The lowest BCUT2D eigenvalue weighted by Crippen LogP contribution is -2.23. The highest BCUT2D eigenvalue weighted by molar-refractivity contribution is 8.00. The zero-order chi connectivity index (χ0) is 21.0. The van der Waals surface area contributed by atoms with Crippen molar-refractivity contribution in [3.05, 3.63) is 47.2 Å². The van der Waals surface area contributed by atoms with Crippen molar-refractivity contribution in [1.82, 2.24) is 4.98 Å². The van der Waals surface area contributed by atoms with Gasteiger partial charge in [0.05, 0.1) is 10.8 Å². The smallest absolute Gasteiger partial charge is 0.237 e. The molecule has 6 nitrogen and oxygen atoms in total. The van der Waals surface area contributed by atoms with Gasteiger partial charge in [-0.05, 0) is 68.0 Å². The third-order valence-electron chi connectivity index (χ3n) is 4.85. The van der Waals surface area contributed by atoms with E-state index in [4.69, 9.17) is 4.98 Å². The summed E-state index contributed by atoms with van der Waals surface area (Å²) in [6, 6.07) is 11.1. The van der Waals surface area contributed by atoms with Gasteiger partial charge in [-0.25, -0.2) is 4.98 Å². The molecule has 29 heavy (non-hydrogen) atoms. The standard InChI is InChI=1S/C22H24N4O2S/c1-13-4-9-20-16(10-13)11-17(12-23)22(26-20)29-14(2)21(28)25-19-7-5-18(6-8-19)24-15(3)27/h5-8,11,13-14H,4,9-10H2,1-3H3,(H,24,27)(H,25,28). The lowest BCUT2D eigenvalue weighted by atomic mass is 9.87. The van der Waals surface area contributed by atoms with Crippen LogP contribution in [-0.4, -0.2) is 22.0 Å². The Bertz CT molecular complexity index is 966. The van der Waals surface area contributed by atoms with Crippen LogP contribution in [0, 0.1) is 17.2 Å². The molecule has 1 aliphatic carbocycles. The van der Waals surface area contributed by atoms with Gasteiger partial charge in [0.15, 0.2) is 0 Å². The number of pyridine rings is 1. The van der Waals surface area contributed by atoms with Crippen molar-refractivity contribution in [3.8, 4) is 6.07 Å². The fraction of sp³-hybridized carbons (Fsp3) is 0.364. The number of aryl methyl sites for hydroxylation is 1. The number of amides is 2. The molecule has 2 unspecified atom stereocenters. The molecule has 1 aromatic carbocycles. The van der Waals surface area contributed by atoms with Crippen LogP contribution >= 0.6 is 11.8 Å². The molecule has 1 aliphatic rings. The molecular weight excluding hydrogens is 384 g/mol. The van der Waals surface area contributed by atoms with Gasteiger partial charge < -0.3 is 10.6 Å². The molecule has 7 heteroatoms. The number of nitrogens with zero attached hydrogens (tertiary/aromatic N) is 2. The average molecular weight is 409 g/mol. The van der Waals surface area contributed by atoms with Gasteiger partial charge in [0.1, 0.15) is 11.1 Å². The van der Waals surface area contributed by atoms with Gasteiger partial charge in [0.25, 0.3) is 0 Å². The zero-order valence-electron chi connectivity index (χ0n) is 16.8. The van der Waals surface area contributed by atoms with Crippen molar-refractivity contribution in [3.63, 3.8) is 0 Å². The number of nitriles is 1. The Morgan fingerprint density at radius 2 is 1.90 bits per heavy atom. The molecule has 0 bridgehead atoms. The Morgan fingerprint density at radius 3 is 2.52 bits per heavy atom. The Hall–Kier alpha value is -2.85. The first kappa shape index (κ1) is 20.9. The second-order valence-corrected chi connectivity index (χ2v) is 8.74. The first-order valence-corrected chi connectivity index (χ1v) is 10.5. The fourth-order valence-electron chi connectivity index (χ4n) is 3.30. The van der Waals surface area contributed by atoms with Crippen LogP contribution in [0.25, 0.3) is 0 Å². The number of aromatic nitrogens is 1. The van der Waals surface area contributed by atoms with E-state index in [1.54, 1.807) is 31.2 Å². The van der Waals surface area contributed by atoms with Gasteiger partial charge in [-0.1, -0.05) is 18.7 Å². The van der Waals surface area contributed by atoms with E-state index in [2.05, 4.69) is 23.6 Å². The number of fused-ring (bicyclic) bond motifs is 1. The van der Waals surface area contributed by atoms with Crippen molar-refractivity contribution < 1.29 is 9.59 Å². The van der Waals surface area contributed by atoms with Crippen LogP contribution in [0.2, 0.25) is 0 Å². The van der Waals surface area contributed by atoms with Gasteiger partial charge in [-0.2, -0.15) is 5.26 Å². The number of carbonyl (C=O) groups excluding carboxylic acids is 2. The van der Waals surface area contributed by atoms with Gasteiger partial charge in [0.2, 0.25) is 11.8 Å². The molecule has 0 fully saturated rings. The quantitative estimate of drug-likeness (QED) is 0.725. The highest BCUT2D eigenvalue weighted by Crippen LogP contribution is 2.31. The van der Waals surface area contributed by atoms with Gasteiger partial charge in [-0.3, -0.25) is 9.59 Å². The minimum atomic E-state index is -0.412. The van der Waals surface area contributed by atoms with Crippen molar-refractivity contribution in [2.75, 3.05) is 10.6 Å². The van der Waals surface area contributed by atoms with Crippen molar-refractivity contribution >= 4 is 35.0 Å². The number of benzene rings is 1. The molecule has 0 spiro atoms. The van der Waals surface area contributed by atoms with Crippen LogP contribution in [0.1, 0.15) is 44.0 Å². The third kappa shape index (κ3) is 5.36. The number of hydrogen-bond donors (Lipinski definition) is 2. The molecule has 3 rings (SSSR count). The summed E-state index contributed by atoms with van der Waals surface area (Å²) in [5.74, 6) is 0.294. The maximum atomic E-state index is 12.6. The third-order valence-corrected chi connectivity index (χ3v) is 5.95. The largest absolute Gasteiger partial charge is 0.326 e. The van der Waals surface area contributed by atoms with Gasteiger partial charge in [0, 0.05) is 24.0 Å². The van der Waals surface area contributed by atoms with Gasteiger partial charge in [-0.15, -0.1) is 0 Å². The summed E-state index contributed by atoms with van der Waals surface area (Å²) in [7, 11) is 0. The summed E-state index contributed by atoms with van der Waals surface area (Å²) in [5, 5.41) is 15.3. The Morgan fingerprint density at radius 1 is 1.24 bits per heavy atom. The number of anilines is 2. The average Bonchev–Trinajstić information content (AvgIpc) is 2.68. The summed E-state index contributed by atoms with van der Waals surface area (Å²) >= 11 is 1.30. The van der Waals surface area contributed by atoms with E-state index in [0.717, 1.165) is 30.5 Å². The Labute approximate surface area is 175 Å². The second-order valence-electron chi connectivity index (χ2n) is 7.41. The minimum Gasteiger partial charge on any atom is -0.326 e. The van der Waals surface area contributed by atoms with E-state index in [1.807, 2.05) is 6.07 Å². The summed E-state index contributed by atoms with van der Waals surface area (Å²) in [6.07, 6.45) is 2.96. The second kappa shape index (κ2) is 9.10. The highest BCUT2D eigenvalue weighted by Gasteiger charge is 2.22. The SMILES string of the molecule is CC(=O)Nc1ccc(NC(=O)C(C)Sc2nc3c(cc2C#N)CC(C)CC3)cc1. The summed E-state index contributed by atoms with van der Waals surface area (Å²) < 4.78 is 0. The predicted molar refractivity (Wildman–Crippen MR) is 115 cm³/mol. The molecule has 1 aromatic heterocycles. The van der Waals surface area contributed by atoms with E-state index in [9.17, 15) is 14.9 Å². The van der Waals surface area contributed by atoms with Crippen LogP contribution in [0.4, 0.5) is 11.4 Å². The topological polar surface area (TPSA) is 94.9 Å². The number of hydrogen-bond acceptors (Lipinski definition) is 5. The molecule has 2 amide bonds. The molecular formula is C22H24N4O2S. The Balaban J connectivity index is 1.68. The van der Waals surface area contributed by atoms with E-state index in [1.165, 1.54) is 18.7 Å². The summed E-state index contributed by atoms with van der Waals surface area (Å²) in [6.45, 7) is 5.46. The van der Waals surface area contributed by atoms with Crippen molar-refractivity contribution in [1.29, 1.82) is 5.26 Å². The Kier molecular flexibility index (Phi) is 6.55. The molecule has 0 saturated carbocycles. The monoisotopic (exact) mass is 408 g/mol. The number of thioether (sulfide) groups is 1. The fourth-order valence-corrected chi connectivity index (χ4v) is 4.20. The van der Waals surface area contributed by atoms with E-state index in [0.29, 0.717) is 27.9 Å². The number of carbonyl (C=O) groups is 2. The van der Waals surface area contributed by atoms with E-state index < -0.39 is 5.25 Å². The number of nitrogens with one attached hydrogen (secondary N) is 2. The molecule has 150 valence electrons. The van der Waals surface area contributed by atoms with Crippen LogP contribution in [-0.2, 0) is 22.4 Å². The van der Waals surface area contributed by atoms with Crippen molar-refractivity contribution in [2.45, 2.75) is 50.3 Å². The first-order chi connectivity index (χ1) is 13.9. The highest BCUT2D eigenvalue weighted by atomic mass is 32.2. The molecule has 2 atom stereocenters. The maximum Gasteiger partial charge on any atom is 0.237 e. The maximum absolute atomic E-state index is 12.6. The summed E-state index contributed by atoms with van der Waals surface area (Å²) in [4.78, 5) is 28.4. The summed E-state index contributed by atoms with van der Waals surface area (Å²) in [5.41, 5.74) is 4.04. The first-order valence-electron chi connectivity index (χ1n) is 9.63. The van der Waals surface area contributed by atoms with Crippen LogP contribution in [0.15, 0.2) is 35.4 Å². The van der Waals surface area contributed by atoms with E-state index >= 15 is 0 Å². The predicted octanol–water partition coefficient (Wildman–Crippen LogP) is 4.16. The lowest BCUT2D eigenvalue weighted by molar-refractivity contribution is -0.115. The zero-order valence-corrected chi connectivity index (χ0v) is 17.6. The number of rotatable bonds is 5. The van der Waals surface area contributed by atoms with Crippen LogP contribution in [0.3, 0.4) is 0 Å². The molecule has 0 saturated heterocycles. The van der Waals surface area contributed by atoms with Crippen LogP contribution < -0.4 is 10.6 Å².